The van der Waals surface area contributed by atoms with Gasteiger partial charge in [-0.05, 0) is 12.8 Å². The molecule has 1 N–H and O–H groups in total. The number of imide groups is 1. The summed E-state index contributed by atoms with van der Waals surface area (Å²) >= 11 is 0. The molecule has 0 spiro atoms. The molecule has 1 aliphatic carbocycles. The number of aliphatic hydroxyl groups is 1. The predicted octanol–water partition coefficient (Wildman–Crippen LogP) is 0.287. The molecule has 1 heterocycles. The standard InChI is InChI=1S/C14H22N2O4/c1-15(10-4-2-3-5-11(10)17)12(18)8-9-16-13(19)6-7-14(16)20/h10-11,17H,2-9H2,1H3. The van der Waals surface area contributed by atoms with Gasteiger partial charge in [0.05, 0.1) is 12.1 Å². The summed E-state index contributed by atoms with van der Waals surface area (Å²) in [4.78, 5) is 37.8. The lowest BCUT2D eigenvalue weighted by Gasteiger charge is -2.35. The maximum absolute atomic E-state index is 12.1. The topological polar surface area (TPSA) is 77.9 Å². The lowest BCUT2D eigenvalue weighted by molar-refractivity contribution is -0.140. The van der Waals surface area contributed by atoms with Crippen molar-refractivity contribution in [2.45, 2.75) is 57.1 Å². The third-order valence-electron chi connectivity index (χ3n) is 4.29. The maximum atomic E-state index is 12.1. The largest absolute Gasteiger partial charge is 0.391 e. The Bertz CT molecular complexity index is 394. The van der Waals surface area contributed by atoms with Crippen molar-refractivity contribution in [2.24, 2.45) is 0 Å². The van der Waals surface area contributed by atoms with Crippen LogP contribution in [0.1, 0.15) is 44.9 Å². The van der Waals surface area contributed by atoms with Crippen LogP contribution in [-0.2, 0) is 14.4 Å². The van der Waals surface area contributed by atoms with Crippen molar-refractivity contribution in [1.82, 2.24) is 9.80 Å². The van der Waals surface area contributed by atoms with E-state index in [2.05, 4.69) is 0 Å². The molecule has 20 heavy (non-hydrogen) atoms. The summed E-state index contributed by atoms with van der Waals surface area (Å²) in [6.07, 6.45) is 3.73. The monoisotopic (exact) mass is 282 g/mol. The smallest absolute Gasteiger partial charge is 0.229 e. The third-order valence-corrected chi connectivity index (χ3v) is 4.29. The summed E-state index contributed by atoms with van der Waals surface area (Å²) in [6.45, 7) is 0.156. The van der Waals surface area contributed by atoms with Gasteiger partial charge in [-0.2, -0.15) is 0 Å². The molecule has 2 unspecified atom stereocenters. The molecule has 2 fully saturated rings. The highest BCUT2D eigenvalue weighted by Crippen LogP contribution is 2.23. The number of amides is 3. The SMILES string of the molecule is CN(C(=O)CCN1C(=O)CCC1=O)C1CCCCC1O. The number of likely N-dealkylation sites (N-methyl/N-ethyl adjacent to an activating group) is 1. The molecular weight excluding hydrogens is 260 g/mol. The molecular formula is C14H22N2O4. The summed E-state index contributed by atoms with van der Waals surface area (Å²) in [6, 6.07) is -0.138. The number of rotatable bonds is 4. The lowest BCUT2D eigenvalue weighted by Crippen LogP contribution is -2.47. The normalized spacial score (nSPS) is 27.0. The minimum Gasteiger partial charge on any atom is -0.391 e. The quantitative estimate of drug-likeness (QED) is 0.752. The van der Waals surface area contributed by atoms with Gasteiger partial charge in [-0.1, -0.05) is 12.8 Å². The van der Waals surface area contributed by atoms with Gasteiger partial charge in [0.2, 0.25) is 17.7 Å². The van der Waals surface area contributed by atoms with Crippen molar-refractivity contribution in [1.29, 1.82) is 0 Å². The highest BCUT2D eigenvalue weighted by Gasteiger charge is 2.32. The second kappa shape index (κ2) is 6.35. The summed E-state index contributed by atoms with van der Waals surface area (Å²) in [5.41, 5.74) is 0. The van der Waals surface area contributed by atoms with Gasteiger partial charge >= 0.3 is 0 Å². The highest BCUT2D eigenvalue weighted by atomic mass is 16.3. The Morgan fingerprint density at radius 2 is 1.85 bits per heavy atom. The third kappa shape index (κ3) is 3.17. The highest BCUT2D eigenvalue weighted by molar-refractivity contribution is 6.02. The minimum absolute atomic E-state index is 0.122. The lowest BCUT2D eigenvalue weighted by atomic mass is 9.91. The molecule has 0 aromatic heterocycles. The van der Waals surface area contributed by atoms with Crippen LogP contribution in [0, 0.1) is 0 Å². The summed E-state index contributed by atoms with van der Waals surface area (Å²) < 4.78 is 0. The average molecular weight is 282 g/mol. The van der Waals surface area contributed by atoms with Crippen LogP contribution in [0.4, 0.5) is 0 Å². The molecule has 2 rings (SSSR count). The molecule has 1 saturated heterocycles. The van der Waals surface area contributed by atoms with E-state index in [4.69, 9.17) is 0 Å². The van der Waals surface area contributed by atoms with Crippen molar-refractivity contribution in [2.75, 3.05) is 13.6 Å². The zero-order valence-electron chi connectivity index (χ0n) is 11.9. The van der Waals surface area contributed by atoms with Crippen LogP contribution in [0.2, 0.25) is 0 Å². The van der Waals surface area contributed by atoms with E-state index in [1.54, 1.807) is 11.9 Å². The molecule has 1 saturated carbocycles. The van der Waals surface area contributed by atoms with Gasteiger partial charge in [-0.15, -0.1) is 0 Å². The number of aliphatic hydroxyl groups excluding tert-OH is 1. The van der Waals surface area contributed by atoms with Crippen molar-refractivity contribution < 1.29 is 19.5 Å². The molecule has 2 aliphatic rings. The van der Waals surface area contributed by atoms with E-state index in [-0.39, 0.29) is 49.6 Å². The summed E-state index contributed by atoms with van der Waals surface area (Å²) in [5, 5.41) is 9.94. The van der Waals surface area contributed by atoms with Crippen LogP contribution in [0.5, 0.6) is 0 Å². The van der Waals surface area contributed by atoms with Gasteiger partial charge in [0, 0.05) is 32.9 Å². The first kappa shape index (κ1) is 15.0. The molecule has 2 atom stereocenters. The molecule has 0 radical (unpaired) electrons. The first-order valence-corrected chi connectivity index (χ1v) is 7.27. The Labute approximate surface area is 118 Å². The fourth-order valence-corrected chi connectivity index (χ4v) is 2.98. The van der Waals surface area contributed by atoms with Gasteiger partial charge < -0.3 is 10.0 Å². The molecule has 0 aromatic rings. The number of nitrogens with zero attached hydrogens (tertiary/aromatic N) is 2. The fraction of sp³-hybridized carbons (Fsp3) is 0.786. The fourth-order valence-electron chi connectivity index (χ4n) is 2.98. The van der Waals surface area contributed by atoms with Crippen molar-refractivity contribution in [3.8, 4) is 0 Å². The maximum Gasteiger partial charge on any atom is 0.229 e. The van der Waals surface area contributed by atoms with Crippen LogP contribution in [0.25, 0.3) is 0 Å². The Kier molecular flexibility index (Phi) is 4.75. The Hall–Kier alpha value is -1.43. The zero-order valence-corrected chi connectivity index (χ0v) is 11.9. The van der Waals surface area contributed by atoms with Crippen LogP contribution >= 0.6 is 0 Å². The van der Waals surface area contributed by atoms with Crippen LogP contribution in [0.3, 0.4) is 0 Å². The van der Waals surface area contributed by atoms with Gasteiger partial charge in [-0.25, -0.2) is 0 Å². The second-order valence-electron chi connectivity index (χ2n) is 5.61. The van der Waals surface area contributed by atoms with Gasteiger partial charge in [0.15, 0.2) is 0 Å². The average Bonchev–Trinajstić information content (AvgIpc) is 2.75. The molecule has 0 aromatic carbocycles. The van der Waals surface area contributed by atoms with Crippen LogP contribution in [0.15, 0.2) is 0 Å². The zero-order chi connectivity index (χ0) is 14.7. The summed E-state index contributed by atoms with van der Waals surface area (Å²) in [5.74, 6) is -0.505. The predicted molar refractivity (Wildman–Crippen MR) is 71.6 cm³/mol. The van der Waals surface area contributed by atoms with Crippen molar-refractivity contribution in [3.63, 3.8) is 0 Å². The van der Waals surface area contributed by atoms with Crippen LogP contribution in [-0.4, -0.2) is 58.4 Å². The summed E-state index contributed by atoms with van der Waals surface area (Å²) in [7, 11) is 1.69. The number of likely N-dealkylation sites (tertiary alicyclic amines) is 1. The van der Waals surface area contributed by atoms with E-state index in [0.717, 1.165) is 25.7 Å². The van der Waals surface area contributed by atoms with E-state index >= 15 is 0 Å². The first-order chi connectivity index (χ1) is 9.50. The first-order valence-electron chi connectivity index (χ1n) is 7.27. The van der Waals surface area contributed by atoms with E-state index in [0.29, 0.717) is 0 Å². The van der Waals surface area contributed by atoms with E-state index < -0.39 is 6.10 Å². The van der Waals surface area contributed by atoms with Crippen molar-refractivity contribution in [3.05, 3.63) is 0 Å². The minimum atomic E-state index is -0.465. The van der Waals surface area contributed by atoms with Gasteiger partial charge in [-0.3, -0.25) is 19.3 Å². The van der Waals surface area contributed by atoms with E-state index in [1.807, 2.05) is 0 Å². The molecule has 3 amide bonds. The molecule has 6 nitrogen and oxygen atoms in total. The molecule has 112 valence electrons. The number of carbonyl (C=O) groups is 3. The van der Waals surface area contributed by atoms with Crippen LogP contribution < -0.4 is 0 Å². The van der Waals surface area contributed by atoms with Gasteiger partial charge in [0.1, 0.15) is 0 Å². The number of carbonyl (C=O) groups excluding carboxylic acids is 3. The Morgan fingerprint density at radius 1 is 1.25 bits per heavy atom. The van der Waals surface area contributed by atoms with Gasteiger partial charge in [0.25, 0.3) is 0 Å². The van der Waals surface area contributed by atoms with Crippen molar-refractivity contribution >= 4 is 17.7 Å². The molecule has 1 aliphatic heterocycles. The molecule has 6 heteroatoms. The number of hydrogen-bond donors (Lipinski definition) is 1. The van der Waals surface area contributed by atoms with E-state index in [9.17, 15) is 19.5 Å². The Balaban J connectivity index is 1.84. The van der Waals surface area contributed by atoms with E-state index in [1.165, 1.54) is 4.90 Å². The second-order valence-corrected chi connectivity index (χ2v) is 5.61. The molecule has 0 bridgehead atoms. The Morgan fingerprint density at radius 3 is 2.45 bits per heavy atom. The number of hydrogen-bond acceptors (Lipinski definition) is 4.